The Morgan fingerprint density at radius 1 is 1.47 bits per heavy atom. The van der Waals surface area contributed by atoms with Gasteiger partial charge in [-0.3, -0.25) is 4.79 Å². The lowest BCUT2D eigenvalue weighted by atomic mass is 9.81. The van der Waals surface area contributed by atoms with Crippen LogP contribution in [0.25, 0.3) is 10.3 Å². The van der Waals surface area contributed by atoms with Gasteiger partial charge in [-0.05, 0) is 12.5 Å². The smallest absolute Gasteiger partial charge is 0.160 e. The number of rotatable bonds is 2. The molecule has 0 atom stereocenters. The number of fused-ring (bicyclic) bond motifs is 1. The van der Waals surface area contributed by atoms with Gasteiger partial charge in [0.2, 0.25) is 0 Å². The van der Waals surface area contributed by atoms with Crippen LogP contribution in [0.15, 0.2) is 12.3 Å². The van der Waals surface area contributed by atoms with E-state index in [4.69, 9.17) is 0 Å². The summed E-state index contributed by atoms with van der Waals surface area (Å²) in [4.78, 5) is 23.7. The van der Waals surface area contributed by atoms with Gasteiger partial charge in [0.25, 0.3) is 0 Å². The molecule has 2 saturated heterocycles. The number of aromatic nitrogens is 2. The molecule has 2 aliphatic heterocycles. The van der Waals surface area contributed by atoms with Crippen molar-refractivity contribution in [2.24, 2.45) is 5.41 Å². The second-order valence-electron chi connectivity index (χ2n) is 5.46. The minimum atomic E-state index is 0.458. The predicted octanol–water partition coefficient (Wildman–Crippen LogP) is 1.30. The molecule has 2 aromatic heterocycles. The summed E-state index contributed by atoms with van der Waals surface area (Å²) in [5.41, 5.74) is 1.27. The molecule has 0 bridgehead atoms. The molecule has 4 rings (SSSR count). The van der Waals surface area contributed by atoms with E-state index < -0.39 is 0 Å². The van der Waals surface area contributed by atoms with E-state index in [1.54, 1.807) is 6.07 Å². The first-order valence-corrected chi connectivity index (χ1v) is 7.27. The zero-order valence-corrected chi connectivity index (χ0v) is 11.2. The maximum Gasteiger partial charge on any atom is 0.160 e. The first-order chi connectivity index (χ1) is 9.28. The maximum absolute atomic E-state index is 10.8. The maximum atomic E-state index is 10.8. The number of aldehydes is 1. The van der Waals surface area contributed by atoms with Crippen LogP contribution in [0.5, 0.6) is 0 Å². The van der Waals surface area contributed by atoms with Crippen LogP contribution >= 0.6 is 11.3 Å². The van der Waals surface area contributed by atoms with Crippen molar-refractivity contribution in [2.45, 2.75) is 6.42 Å². The first-order valence-electron chi connectivity index (χ1n) is 6.46. The minimum absolute atomic E-state index is 0.458. The number of carbonyl (C=O) groups is 1. The Kier molecular flexibility index (Phi) is 2.37. The highest BCUT2D eigenvalue weighted by Gasteiger charge is 2.43. The van der Waals surface area contributed by atoms with Gasteiger partial charge in [-0.25, -0.2) is 9.97 Å². The number of hydrogen-bond acceptors (Lipinski definition) is 6. The summed E-state index contributed by atoms with van der Waals surface area (Å²) in [6, 6.07) is 1.80. The topological polar surface area (TPSA) is 58.1 Å². The first kappa shape index (κ1) is 11.3. The summed E-state index contributed by atoms with van der Waals surface area (Å²) in [6.45, 7) is 4.35. The molecule has 0 radical (unpaired) electrons. The second kappa shape index (κ2) is 3.98. The Hall–Kier alpha value is -1.53. The molecule has 19 heavy (non-hydrogen) atoms. The van der Waals surface area contributed by atoms with Crippen LogP contribution in [0.4, 0.5) is 5.82 Å². The lowest BCUT2D eigenvalue weighted by molar-refractivity contribution is 0.112. The van der Waals surface area contributed by atoms with E-state index in [1.807, 2.05) is 6.20 Å². The summed E-state index contributed by atoms with van der Waals surface area (Å²) in [5.74, 6) is 0.940. The third-order valence-corrected chi connectivity index (χ3v) is 5.07. The average Bonchev–Trinajstić information content (AvgIpc) is 3.01. The van der Waals surface area contributed by atoms with Crippen LogP contribution < -0.4 is 10.2 Å². The van der Waals surface area contributed by atoms with Gasteiger partial charge in [0.1, 0.15) is 16.2 Å². The number of thiophene rings is 1. The van der Waals surface area contributed by atoms with Crippen LogP contribution in [0.1, 0.15) is 16.1 Å². The molecular weight excluding hydrogens is 260 g/mol. The molecule has 1 spiro atoms. The molecule has 0 unspecified atom stereocenters. The van der Waals surface area contributed by atoms with E-state index in [0.29, 0.717) is 10.3 Å². The summed E-state index contributed by atoms with van der Waals surface area (Å²) >= 11 is 1.41. The van der Waals surface area contributed by atoms with Crippen LogP contribution in [0.2, 0.25) is 0 Å². The number of hydrogen-bond donors (Lipinski definition) is 1. The zero-order chi connectivity index (χ0) is 12.9. The van der Waals surface area contributed by atoms with Gasteiger partial charge in [-0.15, -0.1) is 11.3 Å². The van der Waals surface area contributed by atoms with E-state index >= 15 is 0 Å². The highest BCUT2D eigenvalue weighted by atomic mass is 32.1. The van der Waals surface area contributed by atoms with Gasteiger partial charge in [0, 0.05) is 31.6 Å². The van der Waals surface area contributed by atoms with Gasteiger partial charge in [-0.1, -0.05) is 0 Å². The van der Waals surface area contributed by atoms with Crippen molar-refractivity contribution in [3.8, 4) is 0 Å². The predicted molar refractivity (Wildman–Crippen MR) is 74.9 cm³/mol. The second-order valence-corrected chi connectivity index (χ2v) is 6.52. The third kappa shape index (κ3) is 1.74. The minimum Gasteiger partial charge on any atom is -0.355 e. The molecule has 2 aliphatic rings. The van der Waals surface area contributed by atoms with Crippen molar-refractivity contribution >= 4 is 33.8 Å². The summed E-state index contributed by atoms with van der Waals surface area (Å²) in [5, 5.41) is 3.36. The molecular formula is C13H14N4OS. The molecule has 98 valence electrons. The Morgan fingerprint density at radius 2 is 2.37 bits per heavy atom. The number of nitrogens with one attached hydrogen (secondary N) is 1. The lowest BCUT2D eigenvalue weighted by Gasteiger charge is -2.39. The SMILES string of the molecule is O=Cc1cc2ncc(N3CCC4(CNC4)C3)nc2s1. The van der Waals surface area contributed by atoms with Crippen molar-refractivity contribution in [3.63, 3.8) is 0 Å². The number of anilines is 1. The summed E-state index contributed by atoms with van der Waals surface area (Å²) in [7, 11) is 0. The Balaban J connectivity index is 1.66. The Labute approximate surface area is 114 Å². The van der Waals surface area contributed by atoms with Gasteiger partial charge in [0.15, 0.2) is 6.29 Å². The fourth-order valence-electron chi connectivity index (χ4n) is 2.93. The Morgan fingerprint density at radius 3 is 3.05 bits per heavy atom. The van der Waals surface area contributed by atoms with Crippen molar-refractivity contribution in [1.82, 2.24) is 15.3 Å². The van der Waals surface area contributed by atoms with E-state index in [-0.39, 0.29) is 0 Å². The van der Waals surface area contributed by atoms with E-state index in [1.165, 1.54) is 17.8 Å². The average molecular weight is 274 g/mol. The number of nitrogens with zero attached hydrogens (tertiary/aromatic N) is 3. The van der Waals surface area contributed by atoms with E-state index in [0.717, 1.165) is 48.6 Å². The van der Waals surface area contributed by atoms with E-state index in [2.05, 4.69) is 20.2 Å². The van der Waals surface area contributed by atoms with Gasteiger partial charge < -0.3 is 10.2 Å². The highest BCUT2D eigenvalue weighted by molar-refractivity contribution is 7.20. The van der Waals surface area contributed by atoms with Gasteiger partial charge in [0.05, 0.1) is 11.1 Å². The molecule has 0 aliphatic carbocycles. The molecule has 0 saturated carbocycles. The summed E-state index contributed by atoms with van der Waals surface area (Å²) in [6.07, 6.45) is 3.91. The van der Waals surface area contributed by atoms with Crippen molar-refractivity contribution in [2.75, 3.05) is 31.1 Å². The molecule has 2 aromatic rings. The molecule has 6 heteroatoms. The van der Waals surface area contributed by atoms with Gasteiger partial charge >= 0.3 is 0 Å². The largest absolute Gasteiger partial charge is 0.355 e. The third-order valence-electron chi connectivity index (χ3n) is 4.13. The monoisotopic (exact) mass is 274 g/mol. The molecule has 1 N–H and O–H groups in total. The van der Waals surface area contributed by atoms with Crippen molar-refractivity contribution in [3.05, 3.63) is 17.1 Å². The van der Waals surface area contributed by atoms with Crippen molar-refractivity contribution in [1.29, 1.82) is 0 Å². The van der Waals surface area contributed by atoms with Crippen LogP contribution in [-0.2, 0) is 0 Å². The normalized spacial score (nSPS) is 20.9. The Bertz CT molecular complexity index is 649. The fourth-order valence-corrected chi connectivity index (χ4v) is 3.73. The molecule has 0 amide bonds. The van der Waals surface area contributed by atoms with Crippen LogP contribution in [0, 0.1) is 5.41 Å². The van der Waals surface area contributed by atoms with Gasteiger partial charge in [-0.2, -0.15) is 0 Å². The number of carbonyl (C=O) groups excluding carboxylic acids is 1. The standard InChI is InChI=1S/C13H14N4OS/c18-5-9-3-10-12(19-9)16-11(4-15-10)17-2-1-13(8-17)6-14-7-13/h3-5,14H,1-2,6-8H2. The highest BCUT2D eigenvalue weighted by Crippen LogP contribution is 2.36. The fraction of sp³-hybridized carbons (Fsp3) is 0.462. The van der Waals surface area contributed by atoms with Crippen LogP contribution in [0.3, 0.4) is 0 Å². The van der Waals surface area contributed by atoms with Crippen LogP contribution in [-0.4, -0.2) is 42.4 Å². The van der Waals surface area contributed by atoms with Crippen molar-refractivity contribution < 1.29 is 4.79 Å². The molecule has 2 fully saturated rings. The quantitative estimate of drug-likeness (QED) is 0.837. The summed E-state index contributed by atoms with van der Waals surface area (Å²) < 4.78 is 0. The molecule has 0 aromatic carbocycles. The lowest BCUT2D eigenvalue weighted by Crippen LogP contribution is -2.54. The van der Waals surface area contributed by atoms with E-state index in [9.17, 15) is 4.79 Å². The molecule has 5 nitrogen and oxygen atoms in total. The molecule has 4 heterocycles. The zero-order valence-electron chi connectivity index (χ0n) is 10.4.